The highest BCUT2D eigenvalue weighted by Gasteiger charge is 2.44. The number of allylic oxidation sites excluding steroid dienone is 1. The average Bonchev–Trinajstić information content (AvgIpc) is 3.17. The summed E-state index contributed by atoms with van der Waals surface area (Å²) in [4.78, 5) is 13.3. The molecule has 0 radical (unpaired) electrons. The van der Waals surface area contributed by atoms with E-state index in [2.05, 4.69) is 17.9 Å². The van der Waals surface area contributed by atoms with Gasteiger partial charge in [0.25, 0.3) is 0 Å². The third-order valence-corrected chi connectivity index (χ3v) is 6.89. The Bertz CT molecular complexity index is 646. The van der Waals surface area contributed by atoms with Crippen LogP contribution in [0.25, 0.3) is 0 Å². The Morgan fingerprint density at radius 3 is 2.82 bits per heavy atom. The first-order valence-electron chi connectivity index (χ1n) is 10.2. The predicted molar refractivity (Wildman–Crippen MR) is 117 cm³/mol. The van der Waals surface area contributed by atoms with Crippen molar-refractivity contribution in [2.75, 3.05) is 25.6 Å². The second-order valence-electron chi connectivity index (χ2n) is 8.36. The molecule has 2 saturated carbocycles. The lowest BCUT2D eigenvalue weighted by atomic mass is 9.89. The first kappa shape index (κ1) is 23.1. The average molecular weight is 406 g/mol. The number of aliphatic hydroxyl groups is 2. The van der Waals surface area contributed by atoms with Crippen molar-refractivity contribution in [1.29, 1.82) is 0 Å². The molecule has 4 nitrogen and oxygen atoms in total. The summed E-state index contributed by atoms with van der Waals surface area (Å²) < 4.78 is 0. The second-order valence-corrected chi connectivity index (χ2v) is 9.39. The Balaban J connectivity index is 1.86. The van der Waals surface area contributed by atoms with E-state index in [0.717, 1.165) is 25.0 Å². The van der Waals surface area contributed by atoms with Gasteiger partial charge in [0, 0.05) is 32.2 Å². The fourth-order valence-corrected chi connectivity index (χ4v) is 5.11. The number of rotatable bonds is 8. The van der Waals surface area contributed by atoms with E-state index in [1.165, 1.54) is 5.57 Å². The lowest BCUT2D eigenvalue weighted by Gasteiger charge is -2.19. The Morgan fingerprint density at radius 1 is 1.39 bits per heavy atom. The van der Waals surface area contributed by atoms with Gasteiger partial charge in [0.15, 0.2) is 0 Å². The standard InChI is InChI=1S/C23H35NO3S/c1-5-6-7-16(2)21(25)9-8-19-20-13-17(12-18(20)14-22(19)26)10-11-28-15-23(27)24(3)4/h8-10,16,18-22,25-26H,7,11-15H2,1-4H3/b9-8+,17-10+/t16-,18+,19-,20+,21-,22-/m1/s1. The molecule has 5 heteroatoms. The molecular weight excluding hydrogens is 370 g/mol. The van der Waals surface area contributed by atoms with E-state index in [0.29, 0.717) is 24.0 Å². The van der Waals surface area contributed by atoms with Gasteiger partial charge in [-0.2, -0.15) is 0 Å². The predicted octanol–water partition coefficient (Wildman–Crippen LogP) is 3.11. The molecule has 2 aliphatic rings. The highest BCUT2D eigenvalue weighted by Crippen LogP contribution is 2.50. The van der Waals surface area contributed by atoms with E-state index in [9.17, 15) is 15.0 Å². The van der Waals surface area contributed by atoms with Gasteiger partial charge < -0.3 is 15.1 Å². The zero-order valence-electron chi connectivity index (χ0n) is 17.6. The number of fused-ring (bicyclic) bond motifs is 1. The topological polar surface area (TPSA) is 60.8 Å². The summed E-state index contributed by atoms with van der Waals surface area (Å²) in [6.45, 7) is 3.82. The molecular formula is C23H35NO3S. The molecule has 0 aromatic rings. The largest absolute Gasteiger partial charge is 0.392 e. The molecule has 0 heterocycles. The van der Waals surface area contributed by atoms with Crippen LogP contribution < -0.4 is 0 Å². The molecule has 0 bridgehead atoms. The summed E-state index contributed by atoms with van der Waals surface area (Å²) in [5.41, 5.74) is 1.46. The van der Waals surface area contributed by atoms with Gasteiger partial charge in [0.1, 0.15) is 0 Å². The van der Waals surface area contributed by atoms with E-state index in [1.807, 2.05) is 26.0 Å². The third-order valence-electron chi connectivity index (χ3n) is 6.04. The minimum atomic E-state index is -0.519. The number of hydrogen-bond acceptors (Lipinski definition) is 4. The lowest BCUT2D eigenvalue weighted by molar-refractivity contribution is -0.125. The van der Waals surface area contributed by atoms with Gasteiger partial charge >= 0.3 is 0 Å². The van der Waals surface area contributed by atoms with E-state index in [4.69, 9.17) is 0 Å². The van der Waals surface area contributed by atoms with E-state index in [1.54, 1.807) is 30.8 Å². The summed E-state index contributed by atoms with van der Waals surface area (Å²) in [5, 5.41) is 20.8. The lowest BCUT2D eigenvalue weighted by Crippen LogP contribution is -2.23. The SMILES string of the molecule is CC#CC[C@@H](C)[C@H](O)/C=C/[C@@H]1[C@H]2C/C(=C/CSCC(=O)N(C)C)C[C@H]2C[C@H]1O. The van der Waals surface area contributed by atoms with Gasteiger partial charge in [-0.1, -0.05) is 30.7 Å². The molecule has 2 aliphatic carbocycles. The summed E-state index contributed by atoms with van der Waals surface area (Å²) in [7, 11) is 3.57. The number of aliphatic hydroxyl groups excluding tert-OH is 2. The third kappa shape index (κ3) is 6.40. The molecule has 0 aromatic carbocycles. The van der Waals surface area contributed by atoms with E-state index in [-0.39, 0.29) is 23.8 Å². The van der Waals surface area contributed by atoms with Crippen LogP contribution in [0.1, 0.15) is 39.5 Å². The fraction of sp³-hybridized carbons (Fsp3) is 0.696. The first-order chi connectivity index (χ1) is 13.3. The van der Waals surface area contributed by atoms with Crippen LogP contribution in [0.2, 0.25) is 0 Å². The molecule has 156 valence electrons. The number of carbonyl (C=O) groups is 1. The van der Waals surface area contributed by atoms with Crippen molar-refractivity contribution in [1.82, 2.24) is 4.90 Å². The van der Waals surface area contributed by atoms with Crippen molar-refractivity contribution in [2.45, 2.75) is 51.7 Å². The molecule has 0 saturated heterocycles. The van der Waals surface area contributed by atoms with Crippen molar-refractivity contribution in [3.8, 4) is 11.8 Å². The number of carbonyl (C=O) groups excluding carboxylic acids is 1. The van der Waals surface area contributed by atoms with Gasteiger partial charge in [0.2, 0.25) is 5.91 Å². The smallest absolute Gasteiger partial charge is 0.232 e. The Labute approximate surface area is 174 Å². The van der Waals surface area contributed by atoms with Crippen LogP contribution in [0.4, 0.5) is 0 Å². The monoisotopic (exact) mass is 405 g/mol. The molecule has 1 amide bonds. The maximum absolute atomic E-state index is 11.6. The van der Waals surface area contributed by atoms with E-state index >= 15 is 0 Å². The Hall–Kier alpha value is -1.22. The summed E-state index contributed by atoms with van der Waals surface area (Å²) in [6, 6.07) is 0. The highest BCUT2D eigenvalue weighted by atomic mass is 32.2. The molecule has 0 spiro atoms. The summed E-state index contributed by atoms with van der Waals surface area (Å²) in [6.07, 6.45) is 8.96. The normalized spacial score (nSPS) is 30.1. The van der Waals surface area contributed by atoms with Gasteiger partial charge in [-0.15, -0.1) is 23.6 Å². The van der Waals surface area contributed by atoms with Crippen molar-refractivity contribution < 1.29 is 15.0 Å². The van der Waals surface area contributed by atoms with Gasteiger partial charge in [0.05, 0.1) is 18.0 Å². The van der Waals surface area contributed by atoms with Crippen LogP contribution in [-0.2, 0) is 4.79 Å². The van der Waals surface area contributed by atoms with Crippen LogP contribution >= 0.6 is 11.8 Å². The molecule has 28 heavy (non-hydrogen) atoms. The number of hydrogen-bond donors (Lipinski definition) is 2. The maximum atomic E-state index is 11.6. The zero-order chi connectivity index (χ0) is 20.7. The molecule has 6 atom stereocenters. The van der Waals surface area contributed by atoms with Gasteiger partial charge in [-0.05, 0) is 43.9 Å². The van der Waals surface area contributed by atoms with Crippen molar-refractivity contribution >= 4 is 17.7 Å². The molecule has 2 N–H and O–H groups in total. The summed E-state index contributed by atoms with van der Waals surface area (Å²) >= 11 is 1.65. The number of amides is 1. The van der Waals surface area contributed by atoms with Crippen molar-refractivity contribution in [3.05, 3.63) is 23.8 Å². The molecule has 0 unspecified atom stereocenters. The number of thioether (sulfide) groups is 1. The van der Waals surface area contributed by atoms with Crippen molar-refractivity contribution in [2.24, 2.45) is 23.7 Å². The van der Waals surface area contributed by atoms with Crippen LogP contribution in [0.5, 0.6) is 0 Å². The Morgan fingerprint density at radius 2 is 2.14 bits per heavy atom. The van der Waals surface area contributed by atoms with Crippen LogP contribution in [-0.4, -0.2) is 58.8 Å². The minimum absolute atomic E-state index is 0.0963. The molecule has 2 fully saturated rings. The fourth-order valence-electron chi connectivity index (χ4n) is 4.21. The maximum Gasteiger partial charge on any atom is 0.232 e. The second kappa shape index (κ2) is 11.1. The van der Waals surface area contributed by atoms with Crippen LogP contribution in [0.15, 0.2) is 23.8 Å². The molecule has 0 aliphatic heterocycles. The van der Waals surface area contributed by atoms with Gasteiger partial charge in [-0.25, -0.2) is 0 Å². The summed E-state index contributed by atoms with van der Waals surface area (Å²) in [5.74, 6) is 8.64. The van der Waals surface area contributed by atoms with Crippen LogP contribution in [0, 0.1) is 35.5 Å². The number of nitrogens with zero attached hydrogens (tertiary/aromatic N) is 1. The minimum Gasteiger partial charge on any atom is -0.392 e. The molecule has 2 rings (SSSR count). The van der Waals surface area contributed by atoms with Crippen molar-refractivity contribution in [3.63, 3.8) is 0 Å². The zero-order valence-corrected chi connectivity index (χ0v) is 18.4. The van der Waals surface area contributed by atoms with Gasteiger partial charge in [-0.3, -0.25) is 4.79 Å². The first-order valence-corrected chi connectivity index (χ1v) is 11.4. The quantitative estimate of drug-likeness (QED) is 0.370. The molecule has 0 aromatic heterocycles. The Kier molecular flexibility index (Phi) is 9.14. The highest BCUT2D eigenvalue weighted by molar-refractivity contribution is 8.00. The van der Waals surface area contributed by atoms with Crippen LogP contribution in [0.3, 0.4) is 0 Å². The van der Waals surface area contributed by atoms with E-state index < -0.39 is 6.10 Å².